The van der Waals surface area contributed by atoms with Crippen molar-refractivity contribution < 1.29 is 17.4 Å². The van der Waals surface area contributed by atoms with Gasteiger partial charge in [0.05, 0.1) is 6.26 Å². The summed E-state index contributed by atoms with van der Waals surface area (Å²) in [5.74, 6) is -0.880. The van der Waals surface area contributed by atoms with Crippen LogP contribution in [0.1, 0.15) is 13.3 Å². The molecule has 0 spiro atoms. The molecule has 0 aliphatic heterocycles. The van der Waals surface area contributed by atoms with Gasteiger partial charge in [-0.15, -0.1) is 0 Å². The maximum absolute atomic E-state index is 10.7. The monoisotopic (exact) mass is 237 g/mol. The molecule has 0 aromatic carbocycles. The highest BCUT2D eigenvalue weighted by Gasteiger charge is 2.12. The van der Waals surface area contributed by atoms with Gasteiger partial charge in [0.25, 0.3) is 0 Å². The molecular weight excluding hydrogens is 218 g/mol. The van der Waals surface area contributed by atoms with E-state index in [1.807, 2.05) is 26.0 Å². The van der Waals surface area contributed by atoms with Crippen molar-refractivity contribution in [3.05, 3.63) is 12.2 Å². The summed E-state index contributed by atoms with van der Waals surface area (Å²) in [6.07, 6.45) is 1.20. The Morgan fingerprint density at radius 3 is 1.87 bits per heavy atom. The fraction of sp³-hybridized carbons (Fsp3) is 0.667. The summed E-state index contributed by atoms with van der Waals surface area (Å²) in [7, 11) is 2.31. The Bertz CT molecular complexity index is 303. The Morgan fingerprint density at radius 2 is 1.67 bits per heavy atom. The fourth-order valence-corrected chi connectivity index (χ4v) is 0.734. The van der Waals surface area contributed by atoms with Crippen LogP contribution in [0.4, 0.5) is 0 Å². The van der Waals surface area contributed by atoms with Crippen LogP contribution in [0.15, 0.2) is 12.2 Å². The molecule has 0 saturated carbocycles. The molecule has 0 rings (SSSR count). The van der Waals surface area contributed by atoms with Gasteiger partial charge >= 0.3 is 16.1 Å². The quantitative estimate of drug-likeness (QED) is 0.532. The molecule has 0 saturated heterocycles. The highest BCUT2D eigenvalue weighted by molar-refractivity contribution is 7.86. The van der Waals surface area contributed by atoms with Crippen LogP contribution in [0.3, 0.4) is 0 Å². The van der Waals surface area contributed by atoms with Gasteiger partial charge in [0.15, 0.2) is 0 Å². The molecule has 0 aliphatic rings. The van der Waals surface area contributed by atoms with E-state index in [1.165, 1.54) is 0 Å². The van der Waals surface area contributed by atoms with Crippen molar-refractivity contribution in [2.75, 3.05) is 27.4 Å². The van der Waals surface area contributed by atoms with Crippen LogP contribution in [-0.2, 0) is 19.1 Å². The van der Waals surface area contributed by atoms with Crippen molar-refractivity contribution in [1.29, 1.82) is 0 Å². The van der Waals surface area contributed by atoms with Crippen LogP contribution >= 0.6 is 0 Å². The molecule has 0 aromatic heterocycles. The van der Waals surface area contributed by atoms with Crippen LogP contribution in [0.2, 0.25) is 0 Å². The molecule has 0 aliphatic carbocycles. The summed E-state index contributed by atoms with van der Waals surface area (Å²) in [5.41, 5.74) is 0.149. The topological polar surface area (TPSA) is 63.7 Å². The highest BCUT2D eigenvalue weighted by atomic mass is 32.2. The average Bonchev–Trinajstić information content (AvgIpc) is 1.98. The first-order valence-electron chi connectivity index (χ1n) is 4.32. The van der Waals surface area contributed by atoms with Crippen LogP contribution < -0.4 is 0 Å². The summed E-state index contributed by atoms with van der Waals surface area (Å²) in [6, 6.07) is 0. The first kappa shape index (κ1) is 16.5. The van der Waals surface area contributed by atoms with E-state index in [2.05, 4.69) is 10.8 Å². The predicted molar refractivity (Wildman–Crippen MR) is 60.0 cm³/mol. The van der Waals surface area contributed by atoms with E-state index in [0.717, 1.165) is 6.26 Å². The summed E-state index contributed by atoms with van der Waals surface area (Å²) < 4.78 is 24.8. The van der Waals surface area contributed by atoms with E-state index in [1.54, 1.807) is 6.92 Å². The number of carbonyl (C=O) groups excluding carboxylic acids is 1. The molecule has 5 nitrogen and oxygen atoms in total. The first-order chi connectivity index (χ1) is 6.60. The van der Waals surface area contributed by atoms with Crippen LogP contribution in [0.5, 0.6) is 0 Å². The predicted octanol–water partition coefficient (Wildman–Crippen LogP) is 0.633. The minimum atomic E-state index is -3.69. The molecule has 0 N–H and O–H groups in total. The lowest BCUT2D eigenvalue weighted by atomic mass is 10.2. The van der Waals surface area contributed by atoms with Gasteiger partial charge in [0, 0.05) is 5.57 Å². The molecule has 0 aromatic rings. The van der Waals surface area contributed by atoms with Gasteiger partial charge in [-0.25, -0.2) is 4.79 Å². The van der Waals surface area contributed by atoms with Gasteiger partial charge in [-0.1, -0.05) is 13.5 Å². The molecular formula is C9H19NO4S. The second kappa shape index (κ2) is 7.42. The maximum atomic E-state index is 10.7. The Labute approximate surface area is 91.8 Å². The second-order valence-corrected chi connectivity index (χ2v) is 4.95. The van der Waals surface area contributed by atoms with Crippen LogP contribution in [-0.4, -0.2) is 46.7 Å². The molecule has 0 bridgehead atoms. The Hall–Kier alpha value is -0.880. The molecule has 0 fully saturated rings. The van der Waals surface area contributed by atoms with Gasteiger partial charge in [-0.2, -0.15) is 8.42 Å². The van der Waals surface area contributed by atoms with Crippen molar-refractivity contribution in [3.8, 4) is 0 Å². The lowest BCUT2D eigenvalue weighted by molar-refractivity contribution is -0.129. The van der Waals surface area contributed by atoms with Crippen molar-refractivity contribution in [2.24, 2.45) is 0 Å². The minimum absolute atomic E-state index is 0.149. The Kier molecular flexibility index (Phi) is 8.18. The molecule has 0 radical (unpaired) electrons. The maximum Gasteiger partial charge on any atom is 0.349 e. The Balaban J connectivity index is 0. The van der Waals surface area contributed by atoms with E-state index >= 15 is 0 Å². The lowest BCUT2D eigenvalue weighted by Crippen LogP contribution is -2.12. The largest absolute Gasteiger partial charge is 0.349 e. The van der Waals surface area contributed by atoms with Gasteiger partial charge in [0.2, 0.25) is 0 Å². The first-order valence-corrected chi connectivity index (χ1v) is 6.14. The van der Waals surface area contributed by atoms with Gasteiger partial charge < -0.3 is 9.08 Å². The summed E-state index contributed by atoms with van der Waals surface area (Å²) in [4.78, 5) is 12.7. The molecule has 90 valence electrons. The zero-order chi connectivity index (χ0) is 12.6. The fourth-order valence-electron chi connectivity index (χ4n) is 0.341. The van der Waals surface area contributed by atoms with E-state index in [0.29, 0.717) is 6.42 Å². The van der Waals surface area contributed by atoms with Crippen LogP contribution in [0, 0.1) is 0 Å². The third-order valence-electron chi connectivity index (χ3n) is 0.943. The van der Waals surface area contributed by atoms with Crippen LogP contribution in [0.25, 0.3) is 0 Å². The minimum Gasteiger partial charge on any atom is -0.342 e. The number of rotatable bonds is 3. The van der Waals surface area contributed by atoms with E-state index in [-0.39, 0.29) is 5.57 Å². The van der Waals surface area contributed by atoms with E-state index in [9.17, 15) is 13.2 Å². The number of hydrogen-bond donors (Lipinski definition) is 0. The zero-order valence-electron chi connectivity index (χ0n) is 9.90. The number of hydrogen-bond acceptors (Lipinski definition) is 5. The zero-order valence-corrected chi connectivity index (χ0v) is 10.7. The standard InChI is InChI=1S/C6H10O4S.C3H9N/c1-4-5(2)6(7)10-11(3,8)9;1-4(2)3/h2,4H2,1,3H3;1-3H3. The number of nitrogens with zero attached hydrogens (tertiary/aromatic N) is 1. The SMILES string of the molecule is C=C(CC)C(=O)OS(C)(=O)=O.CN(C)C. The summed E-state index contributed by atoms with van der Waals surface area (Å²) >= 11 is 0. The van der Waals surface area contributed by atoms with Crippen molar-refractivity contribution >= 4 is 16.1 Å². The van der Waals surface area contributed by atoms with Gasteiger partial charge in [-0.05, 0) is 27.6 Å². The number of carbonyl (C=O) groups is 1. The summed E-state index contributed by atoms with van der Waals surface area (Å²) in [5, 5.41) is 0. The van der Waals surface area contributed by atoms with Gasteiger partial charge in [-0.3, -0.25) is 0 Å². The molecule has 0 atom stereocenters. The normalized spacial score (nSPS) is 10.3. The van der Waals surface area contributed by atoms with Crippen molar-refractivity contribution in [2.45, 2.75) is 13.3 Å². The summed E-state index contributed by atoms with van der Waals surface area (Å²) in [6.45, 7) is 5.00. The molecule has 15 heavy (non-hydrogen) atoms. The third kappa shape index (κ3) is 15.8. The van der Waals surface area contributed by atoms with E-state index in [4.69, 9.17) is 0 Å². The van der Waals surface area contributed by atoms with Crippen molar-refractivity contribution in [1.82, 2.24) is 4.90 Å². The molecule has 6 heteroatoms. The van der Waals surface area contributed by atoms with Gasteiger partial charge in [0.1, 0.15) is 0 Å². The molecule has 0 amide bonds. The molecule has 0 heterocycles. The smallest absolute Gasteiger partial charge is 0.342 e. The highest BCUT2D eigenvalue weighted by Crippen LogP contribution is 2.01. The lowest BCUT2D eigenvalue weighted by Gasteiger charge is -2.00. The Morgan fingerprint density at radius 1 is 1.33 bits per heavy atom. The third-order valence-corrected chi connectivity index (χ3v) is 1.40. The van der Waals surface area contributed by atoms with Crippen molar-refractivity contribution in [3.63, 3.8) is 0 Å². The second-order valence-electron chi connectivity index (χ2n) is 3.37. The molecule has 0 unspecified atom stereocenters. The average molecular weight is 237 g/mol. The van der Waals surface area contributed by atoms with E-state index < -0.39 is 16.1 Å².